The van der Waals surface area contributed by atoms with Crippen LogP contribution >= 0.6 is 0 Å². The van der Waals surface area contributed by atoms with Crippen LogP contribution in [0, 0.1) is 5.92 Å². The molecule has 1 heterocycles. The quantitative estimate of drug-likeness (QED) is 0.256. The molecule has 2 aliphatic rings. The monoisotopic (exact) mass is 359 g/mol. The summed E-state index contributed by atoms with van der Waals surface area (Å²) in [7, 11) is 0. The first-order valence-corrected chi connectivity index (χ1v) is 9.58. The minimum Gasteiger partial charge on any atom is -0.466 e. The van der Waals surface area contributed by atoms with Crippen LogP contribution in [0.1, 0.15) is 46.5 Å². The van der Waals surface area contributed by atoms with Gasteiger partial charge in [-0.2, -0.15) is 0 Å². The first-order valence-electron chi connectivity index (χ1n) is 9.58. The Balaban J connectivity index is 2.05. The maximum atomic E-state index is 12.6. The number of nitrogens with zero attached hydrogens (tertiary/aromatic N) is 1. The minimum absolute atomic E-state index is 0.114. The highest BCUT2D eigenvalue weighted by Gasteiger charge is 2.49. The van der Waals surface area contributed by atoms with E-state index in [1.54, 1.807) is 0 Å². The van der Waals surface area contributed by atoms with Crippen LogP contribution in [0.15, 0.2) is 0 Å². The van der Waals surface area contributed by atoms with Crippen LogP contribution in [0.5, 0.6) is 0 Å². The fourth-order valence-electron chi connectivity index (χ4n) is 3.86. The predicted octanol–water partition coefficient (Wildman–Crippen LogP) is 2.14. The summed E-state index contributed by atoms with van der Waals surface area (Å²) in [5.41, 5.74) is 0. The van der Waals surface area contributed by atoms with E-state index in [9.17, 15) is 4.79 Å². The van der Waals surface area contributed by atoms with Crippen LogP contribution in [0.4, 0.5) is 0 Å². The van der Waals surface area contributed by atoms with Crippen molar-refractivity contribution in [1.29, 1.82) is 0 Å². The van der Waals surface area contributed by atoms with Crippen LogP contribution in [0.25, 0.3) is 0 Å². The van der Waals surface area contributed by atoms with Crippen molar-refractivity contribution >= 4 is 5.97 Å². The highest BCUT2D eigenvalue weighted by atomic mass is 17.2. The van der Waals surface area contributed by atoms with Crippen molar-refractivity contribution < 1.29 is 28.8 Å². The highest BCUT2D eigenvalue weighted by Crippen LogP contribution is 2.41. The summed E-state index contributed by atoms with van der Waals surface area (Å²) < 4.78 is 17.0. The Hall–Kier alpha value is -0.730. The van der Waals surface area contributed by atoms with Gasteiger partial charge >= 0.3 is 5.97 Å². The van der Waals surface area contributed by atoms with Crippen LogP contribution < -0.4 is 0 Å². The van der Waals surface area contributed by atoms with Gasteiger partial charge in [-0.05, 0) is 33.2 Å². The van der Waals surface area contributed by atoms with Crippen molar-refractivity contribution in [2.45, 2.75) is 58.3 Å². The van der Waals surface area contributed by atoms with Crippen molar-refractivity contribution in [2.24, 2.45) is 5.92 Å². The van der Waals surface area contributed by atoms with Gasteiger partial charge in [-0.1, -0.05) is 6.92 Å². The van der Waals surface area contributed by atoms with Crippen LogP contribution in [-0.4, -0.2) is 68.8 Å². The molecule has 1 saturated carbocycles. The van der Waals surface area contributed by atoms with E-state index in [0.29, 0.717) is 39.5 Å². The van der Waals surface area contributed by atoms with E-state index in [4.69, 9.17) is 24.0 Å². The van der Waals surface area contributed by atoms with E-state index < -0.39 is 5.79 Å². The lowest BCUT2D eigenvalue weighted by molar-refractivity contribution is -0.293. The molecule has 0 bridgehead atoms. The molecule has 7 nitrogen and oxygen atoms in total. The molecule has 0 N–H and O–H groups in total. The maximum absolute atomic E-state index is 12.6. The average molecular weight is 359 g/mol. The molecule has 0 aromatic rings. The van der Waals surface area contributed by atoms with Gasteiger partial charge in [0, 0.05) is 25.4 Å². The van der Waals surface area contributed by atoms with Crippen molar-refractivity contribution in [3.8, 4) is 0 Å². The number of carbonyl (C=O) groups is 1. The van der Waals surface area contributed by atoms with E-state index in [2.05, 4.69) is 11.8 Å². The van der Waals surface area contributed by atoms with Gasteiger partial charge in [0.05, 0.1) is 39.0 Å². The van der Waals surface area contributed by atoms with Crippen molar-refractivity contribution in [1.82, 2.24) is 4.90 Å². The average Bonchev–Trinajstić information content (AvgIpc) is 3.06. The molecule has 2 atom stereocenters. The van der Waals surface area contributed by atoms with Gasteiger partial charge < -0.3 is 14.2 Å². The molecule has 0 radical (unpaired) electrons. The minimum atomic E-state index is -0.604. The predicted molar refractivity (Wildman–Crippen MR) is 91.8 cm³/mol. The molecule has 2 rings (SSSR count). The van der Waals surface area contributed by atoms with Crippen LogP contribution in [0.2, 0.25) is 0 Å². The second-order valence-electron chi connectivity index (χ2n) is 6.54. The normalized spacial score (nSPS) is 25.6. The lowest BCUT2D eigenvalue weighted by atomic mass is 9.79. The first-order chi connectivity index (χ1) is 12.2. The zero-order valence-corrected chi connectivity index (χ0v) is 15.8. The van der Waals surface area contributed by atoms with Gasteiger partial charge in [-0.3, -0.25) is 9.69 Å². The van der Waals surface area contributed by atoms with Crippen molar-refractivity contribution in [3.63, 3.8) is 0 Å². The smallest absolute Gasteiger partial charge is 0.310 e. The second kappa shape index (κ2) is 10.4. The molecule has 1 saturated heterocycles. The summed E-state index contributed by atoms with van der Waals surface area (Å²) in [5.74, 6) is -1.00. The number of hydrogen-bond acceptors (Lipinski definition) is 7. The Bertz CT molecular complexity index is 399. The van der Waals surface area contributed by atoms with Gasteiger partial charge in [0.25, 0.3) is 0 Å². The standard InChI is InChI=1S/C18H33NO6/c1-4-9-19(10-11-25-24-6-3)16-7-8-18(22-12-13-23-18)14-15(16)17(20)21-5-2/h15-16H,4-14H2,1-3H3. The number of hydrogen-bond donors (Lipinski definition) is 0. The largest absolute Gasteiger partial charge is 0.466 e. The summed E-state index contributed by atoms with van der Waals surface area (Å²) in [6, 6.07) is 0.114. The topological polar surface area (TPSA) is 66.5 Å². The lowest BCUT2D eigenvalue weighted by Gasteiger charge is -2.44. The van der Waals surface area contributed by atoms with E-state index in [1.165, 1.54) is 0 Å². The zero-order chi connectivity index (χ0) is 18.1. The first kappa shape index (κ1) is 20.6. The van der Waals surface area contributed by atoms with Gasteiger partial charge in [0.1, 0.15) is 0 Å². The molecule has 1 aliphatic heterocycles. The van der Waals surface area contributed by atoms with Gasteiger partial charge in [0.2, 0.25) is 0 Å². The number of rotatable bonds is 10. The summed E-state index contributed by atoms with van der Waals surface area (Å²) >= 11 is 0. The Morgan fingerprint density at radius 2 is 1.88 bits per heavy atom. The Labute approximate surface area is 150 Å². The van der Waals surface area contributed by atoms with Crippen molar-refractivity contribution in [3.05, 3.63) is 0 Å². The molecule has 1 spiro atoms. The molecule has 25 heavy (non-hydrogen) atoms. The SMILES string of the molecule is CCCN(CCOOCC)C1CCC2(CC1C(=O)OCC)OCCO2. The molecular formula is C18H33NO6. The van der Waals surface area contributed by atoms with E-state index >= 15 is 0 Å². The third kappa shape index (κ3) is 5.62. The van der Waals surface area contributed by atoms with Crippen LogP contribution in [-0.2, 0) is 28.8 Å². The molecule has 2 unspecified atom stereocenters. The summed E-state index contributed by atoms with van der Waals surface area (Å²) in [6.45, 7) is 10.1. The Kier molecular flexibility index (Phi) is 8.58. The third-order valence-electron chi connectivity index (χ3n) is 4.86. The third-order valence-corrected chi connectivity index (χ3v) is 4.86. The Morgan fingerprint density at radius 1 is 1.12 bits per heavy atom. The molecule has 0 aromatic carbocycles. The van der Waals surface area contributed by atoms with E-state index in [1.807, 2.05) is 13.8 Å². The van der Waals surface area contributed by atoms with Crippen LogP contribution in [0.3, 0.4) is 0 Å². The Morgan fingerprint density at radius 3 is 2.52 bits per heavy atom. The fraction of sp³-hybridized carbons (Fsp3) is 0.944. The van der Waals surface area contributed by atoms with Gasteiger partial charge in [-0.15, -0.1) is 0 Å². The molecule has 2 fully saturated rings. The number of carbonyl (C=O) groups excluding carboxylic acids is 1. The molecule has 146 valence electrons. The molecule has 7 heteroatoms. The summed E-state index contributed by atoms with van der Waals surface area (Å²) in [4.78, 5) is 25.1. The number of esters is 1. The molecule has 1 aliphatic carbocycles. The van der Waals surface area contributed by atoms with E-state index in [0.717, 1.165) is 32.4 Å². The van der Waals surface area contributed by atoms with Crippen molar-refractivity contribution in [2.75, 3.05) is 46.1 Å². The second-order valence-corrected chi connectivity index (χ2v) is 6.54. The van der Waals surface area contributed by atoms with E-state index in [-0.39, 0.29) is 17.9 Å². The summed E-state index contributed by atoms with van der Waals surface area (Å²) in [5, 5.41) is 0. The fourth-order valence-corrected chi connectivity index (χ4v) is 3.86. The molecule has 0 amide bonds. The summed E-state index contributed by atoms with van der Waals surface area (Å²) in [6.07, 6.45) is 3.22. The molecular weight excluding hydrogens is 326 g/mol. The molecule has 0 aromatic heterocycles. The zero-order valence-electron chi connectivity index (χ0n) is 15.8. The maximum Gasteiger partial charge on any atom is 0.310 e. The number of ether oxygens (including phenoxy) is 3. The van der Waals surface area contributed by atoms with Gasteiger partial charge in [-0.25, -0.2) is 9.78 Å². The van der Waals surface area contributed by atoms with Gasteiger partial charge in [0.15, 0.2) is 5.79 Å². The highest BCUT2D eigenvalue weighted by molar-refractivity contribution is 5.73. The lowest BCUT2D eigenvalue weighted by Crippen LogP contribution is -2.53.